The van der Waals surface area contributed by atoms with Crippen LogP contribution in [0.4, 0.5) is 51.2 Å². The van der Waals surface area contributed by atoms with Crippen LogP contribution in [-0.2, 0) is 5.41 Å². The third kappa shape index (κ3) is 11.5. The molecule has 0 atom stereocenters. The second kappa shape index (κ2) is 30.0. The van der Waals surface area contributed by atoms with E-state index in [4.69, 9.17) is 4.74 Å². The molecule has 9 heterocycles. The van der Waals surface area contributed by atoms with Gasteiger partial charge >= 0.3 is 0 Å². The van der Waals surface area contributed by atoms with E-state index >= 15 is 0 Å². The van der Waals surface area contributed by atoms with Gasteiger partial charge in [0.1, 0.15) is 0 Å². The number of benzene rings is 18. The number of anilines is 9. The largest absolute Gasteiger partial charge is 0.453 e. The summed E-state index contributed by atoms with van der Waals surface area (Å²) in [4.78, 5) is 26.5. The highest BCUT2D eigenvalue weighted by Crippen LogP contribution is 2.56. The van der Waals surface area contributed by atoms with Crippen molar-refractivity contribution in [2.24, 2.45) is 0 Å². The first-order chi connectivity index (χ1) is 61.7. The number of ether oxygens (including phenoxy) is 1. The summed E-state index contributed by atoms with van der Waals surface area (Å²) in [5, 5.41) is 17.9. The molecular weight excluding hydrogens is 1700 g/mol. The zero-order valence-electron chi connectivity index (χ0n) is 67.9. The third-order valence-electron chi connectivity index (χ3n) is 26.3. The maximum Gasteiger partial charge on any atom is 0.184 e. The molecule has 18 aromatic carbocycles. The van der Waals surface area contributed by atoms with Gasteiger partial charge in [-0.25, -0.2) is 0 Å². The Morgan fingerprint density at radius 2 is 0.376 bits per heavy atom. The number of hydrogen-bond acceptors (Lipinski definition) is 11. The maximum atomic E-state index is 6.35. The minimum atomic E-state index is -2.63. The lowest BCUT2D eigenvalue weighted by molar-refractivity contribution is 0.477. The predicted octanol–water partition coefficient (Wildman–Crippen LogP) is 23.6. The van der Waals surface area contributed by atoms with Gasteiger partial charge in [0.25, 0.3) is 0 Å². The summed E-state index contributed by atoms with van der Waals surface area (Å²) in [6, 6.07) is 156. The minimum absolute atomic E-state index is 0.0822. The smallest absolute Gasteiger partial charge is 0.184 e. The number of rotatable bonds is 3. The van der Waals surface area contributed by atoms with Crippen molar-refractivity contribution in [2.75, 3.05) is 14.7 Å². The topological polar surface area (TPSA) is 19.0 Å². The molecule has 594 valence electrons. The van der Waals surface area contributed by atoms with E-state index < -0.39 is 24.2 Å². The molecule has 9 aliphatic heterocycles. The zero-order valence-corrected chi connectivity index (χ0v) is 76.7. The van der Waals surface area contributed by atoms with Gasteiger partial charge in [-0.1, -0.05) is 345 Å². The van der Waals surface area contributed by atoms with Crippen LogP contribution in [0, 0.1) is 0 Å². The van der Waals surface area contributed by atoms with E-state index in [1.54, 1.807) is 0 Å². The average molecular weight is 1780 g/mol. The maximum absolute atomic E-state index is 6.35. The van der Waals surface area contributed by atoms with Gasteiger partial charge in [-0.05, 0) is 243 Å². The normalized spacial score (nSPS) is 15.5. The van der Waals surface area contributed by atoms with Crippen molar-refractivity contribution >= 4 is 220 Å². The lowest BCUT2D eigenvalue weighted by Gasteiger charge is -2.45. The second-order valence-corrected chi connectivity index (χ2v) is 51.7. The summed E-state index contributed by atoms with van der Waals surface area (Å²) in [6.07, 6.45) is 0. The Labute approximate surface area is 761 Å². The van der Waals surface area contributed by atoms with E-state index in [1.807, 2.05) is 94.5 Å². The summed E-state index contributed by atoms with van der Waals surface area (Å²) < 4.78 is 6.35. The molecule has 0 saturated heterocycles. The first kappa shape index (κ1) is 75.8. The highest BCUT2D eigenvalue weighted by molar-refractivity contribution is 8.02. The van der Waals surface area contributed by atoms with Crippen molar-refractivity contribution < 1.29 is 4.74 Å². The molecule has 0 N–H and O–H groups in total. The first-order valence-electron chi connectivity index (χ1n) is 42.4. The summed E-state index contributed by atoms with van der Waals surface area (Å²) in [7, 11) is -7.86. The van der Waals surface area contributed by atoms with Crippen LogP contribution in [0.15, 0.2) is 487 Å². The monoisotopic (exact) mass is 1770 g/mol. The van der Waals surface area contributed by atoms with E-state index in [9.17, 15) is 0 Å². The SMILES string of the molecule is CC1(C)c2ccccc2N(c2ccc3c(c2)[Si]2(c4ccccc4Sc4ccccc42)c2ccccc2S3)c2ccccc21.c1ccc2c(c1)Oc1ccccc1N2c1ccc2c(c1)[Si]1(c3ccccc3Sc3ccccc31)c1ccccc1S2.c1ccc2c(c1)Sc1ccccc1N2c1ccc2c(c1)[Si]1(c3ccccc3Sc3ccccc31)c1ccccc1S2. The molecule has 0 amide bonds. The van der Waals surface area contributed by atoms with Crippen LogP contribution >= 0.6 is 82.3 Å². The van der Waals surface area contributed by atoms with Crippen molar-refractivity contribution in [1.29, 1.82) is 0 Å². The van der Waals surface area contributed by atoms with Crippen LogP contribution in [0.25, 0.3) is 0 Å². The summed E-state index contributed by atoms with van der Waals surface area (Å²) in [5.74, 6) is 1.75. The lowest BCUT2D eigenvalue weighted by atomic mass is 9.73. The molecule has 0 bridgehead atoms. The molecule has 3 spiro atoms. The zero-order chi connectivity index (χ0) is 82.7. The molecule has 18 aromatic rings. The van der Waals surface area contributed by atoms with Crippen LogP contribution in [0.3, 0.4) is 0 Å². The summed E-state index contributed by atoms with van der Waals surface area (Å²) in [6.45, 7) is 4.72. The van der Waals surface area contributed by atoms with Gasteiger partial charge in [0.05, 0.1) is 34.1 Å². The Morgan fingerprint density at radius 1 is 0.184 bits per heavy atom. The number of fused-ring (bicyclic) bond motifs is 30. The van der Waals surface area contributed by atoms with Crippen molar-refractivity contribution in [2.45, 2.75) is 87.8 Å². The number of hydrogen-bond donors (Lipinski definition) is 0. The van der Waals surface area contributed by atoms with Gasteiger partial charge in [0.2, 0.25) is 0 Å². The number of nitrogens with zero attached hydrogens (tertiary/aromatic N) is 3. The molecule has 0 saturated carbocycles. The second-order valence-electron chi connectivity index (χ2n) is 33.1. The molecular formula is C111H75N3OS7Si3. The van der Waals surface area contributed by atoms with E-state index in [1.165, 1.54) is 176 Å². The van der Waals surface area contributed by atoms with E-state index in [0.717, 1.165) is 28.6 Å². The predicted molar refractivity (Wildman–Crippen MR) is 535 cm³/mol. The highest BCUT2D eigenvalue weighted by atomic mass is 32.2. The highest BCUT2D eigenvalue weighted by Gasteiger charge is 2.55. The van der Waals surface area contributed by atoms with Crippen LogP contribution < -0.4 is 81.7 Å². The van der Waals surface area contributed by atoms with E-state index in [-0.39, 0.29) is 5.41 Å². The van der Waals surface area contributed by atoms with Gasteiger partial charge in [0.15, 0.2) is 35.7 Å². The Bertz CT molecular complexity index is 6800. The molecule has 0 fully saturated rings. The minimum Gasteiger partial charge on any atom is -0.453 e. The van der Waals surface area contributed by atoms with Crippen molar-refractivity contribution in [3.63, 3.8) is 0 Å². The van der Waals surface area contributed by atoms with Gasteiger partial charge in [0, 0.05) is 91.0 Å². The van der Waals surface area contributed by atoms with Gasteiger partial charge in [-0.2, -0.15) is 0 Å². The fourth-order valence-corrected chi connectivity index (χ4v) is 49.7. The fourth-order valence-electron chi connectivity index (χ4n) is 21.1. The van der Waals surface area contributed by atoms with E-state index in [0.29, 0.717) is 0 Å². The molecule has 0 aromatic heterocycles. The molecule has 125 heavy (non-hydrogen) atoms. The Kier molecular flexibility index (Phi) is 18.2. The van der Waals surface area contributed by atoms with Gasteiger partial charge < -0.3 is 19.4 Å². The summed E-state index contributed by atoms with van der Waals surface area (Å²) in [5.41, 5.74) is 13.4. The lowest BCUT2D eigenvalue weighted by Crippen LogP contribution is -2.78. The standard InChI is InChI=1S/C39H29NS2Si.C36H23NOS2Si.C36H23NS3Si/c1-39(2)27-13-3-5-15-29(27)40(30-16-6-4-14-28(30)39)26-23-24-34-38(25-26)43(37-22-12-9-19-33(37)42-34)35-20-10-7-17-31(35)41-32-18-8-11-21-36(32)43;2*1-3-13-27-25(11-1)37(26-12-2-4-14-28(26)38-27)24-21-22-32-36(23-24)41(35-20-10-7-17-31(35)40-32)33-18-8-5-15-29(33)39-30-16-6-9-19-34(30)41/h3-25H,1-2H3;2*1-23H. The molecule has 9 aliphatic rings. The molecule has 0 radical (unpaired) electrons. The van der Waals surface area contributed by atoms with Crippen LogP contribution in [0.2, 0.25) is 0 Å². The first-order valence-corrected chi connectivity index (χ1v) is 54.1. The van der Waals surface area contributed by atoms with E-state index in [2.05, 4.69) is 435 Å². The molecule has 0 aliphatic carbocycles. The molecule has 4 nitrogen and oxygen atoms in total. The quantitative estimate of drug-likeness (QED) is 0.158. The van der Waals surface area contributed by atoms with Crippen LogP contribution in [0.5, 0.6) is 11.5 Å². The third-order valence-corrected chi connectivity index (χ3v) is 51.4. The van der Waals surface area contributed by atoms with Crippen molar-refractivity contribution in [3.05, 3.63) is 430 Å². The van der Waals surface area contributed by atoms with Gasteiger partial charge in [-0.15, -0.1) is 0 Å². The molecule has 0 unspecified atom stereocenters. The van der Waals surface area contributed by atoms with Crippen molar-refractivity contribution in [1.82, 2.24) is 0 Å². The summed E-state index contributed by atoms with van der Waals surface area (Å²) >= 11 is 13.4. The van der Waals surface area contributed by atoms with Crippen LogP contribution in [-0.4, -0.2) is 24.2 Å². The Hall–Kier alpha value is -11.7. The van der Waals surface area contributed by atoms with Crippen LogP contribution in [0.1, 0.15) is 25.0 Å². The van der Waals surface area contributed by atoms with Gasteiger partial charge in [-0.3, -0.25) is 0 Å². The fraction of sp³-hybridized carbons (Fsp3) is 0.0270. The number of para-hydroxylation sites is 8. The molecule has 27 rings (SSSR count). The average Bonchev–Trinajstić information content (AvgIpc) is 0.693. The van der Waals surface area contributed by atoms with Crippen molar-refractivity contribution in [3.8, 4) is 11.5 Å². The Balaban J connectivity index is 0.000000103. The molecule has 14 heteroatoms. The Morgan fingerprint density at radius 3 is 0.656 bits per heavy atom.